The van der Waals surface area contributed by atoms with Crippen LogP contribution < -0.4 is 4.74 Å². The average molecular weight is 553 g/mol. The minimum Gasteiger partial charge on any atom is -0.489 e. The first-order chi connectivity index (χ1) is 17.8. The molecule has 0 bridgehead atoms. The van der Waals surface area contributed by atoms with Gasteiger partial charge >= 0.3 is 5.97 Å². The summed E-state index contributed by atoms with van der Waals surface area (Å²) in [7, 11) is 0. The summed E-state index contributed by atoms with van der Waals surface area (Å²) in [6.07, 6.45) is 2.07. The number of carbonyl (C=O) groups is 1. The molecule has 3 aromatic carbocycles. The number of hydrogen-bond acceptors (Lipinski definition) is 4. The monoisotopic (exact) mass is 551 g/mol. The third-order valence-electron chi connectivity index (χ3n) is 5.96. The molecular weight excluding hydrogens is 533 g/mol. The van der Waals surface area contributed by atoms with Crippen molar-refractivity contribution < 1.29 is 19.2 Å². The van der Waals surface area contributed by atoms with E-state index < -0.39 is 5.97 Å². The summed E-state index contributed by atoms with van der Waals surface area (Å²) in [5.41, 5.74) is 4.20. The molecule has 0 saturated heterocycles. The van der Waals surface area contributed by atoms with Crippen LogP contribution in [-0.2, 0) is 6.61 Å². The van der Waals surface area contributed by atoms with Crippen molar-refractivity contribution in [1.82, 2.24) is 5.16 Å². The van der Waals surface area contributed by atoms with Crippen LogP contribution in [0.2, 0.25) is 15.1 Å². The molecule has 0 unspecified atom stereocenters. The quantitative estimate of drug-likeness (QED) is 0.244. The molecule has 8 heteroatoms. The number of benzene rings is 3. The lowest BCUT2D eigenvalue weighted by atomic mass is 10.0. The number of aromatic carboxylic acids is 1. The van der Waals surface area contributed by atoms with Gasteiger partial charge in [-0.1, -0.05) is 57.9 Å². The fourth-order valence-corrected chi connectivity index (χ4v) is 4.80. The molecule has 0 aliphatic heterocycles. The molecule has 0 radical (unpaired) electrons. The Morgan fingerprint density at radius 3 is 2.49 bits per heavy atom. The highest BCUT2D eigenvalue weighted by atomic mass is 35.5. The molecule has 1 aliphatic carbocycles. The van der Waals surface area contributed by atoms with Gasteiger partial charge in [-0.2, -0.15) is 0 Å². The largest absolute Gasteiger partial charge is 0.489 e. The lowest BCUT2D eigenvalue weighted by molar-refractivity contribution is 0.0696. The van der Waals surface area contributed by atoms with Crippen molar-refractivity contribution in [3.05, 3.63) is 103 Å². The minimum absolute atomic E-state index is 0.191. The van der Waals surface area contributed by atoms with E-state index in [1.54, 1.807) is 42.5 Å². The standard InChI is InChI=1S/C29H20Cl3NO4/c1-16-11-17(13-20(12-16)29(34)35)5-6-18-9-10-21(14-25(18)32)36-15-22-27(33-37-28(22)19-7-8-19)26-23(30)3-2-4-24(26)31/h2-4,9-14,19H,7-8,15H2,1H3,(H,34,35). The Hall–Kier alpha value is -3.43. The predicted molar refractivity (Wildman–Crippen MR) is 144 cm³/mol. The van der Waals surface area contributed by atoms with E-state index in [0.29, 0.717) is 49.1 Å². The molecular formula is C29H20Cl3NO4. The Bertz CT molecular complexity index is 1560. The van der Waals surface area contributed by atoms with Crippen LogP contribution in [0.1, 0.15) is 57.1 Å². The molecule has 0 amide bonds. The Kier molecular flexibility index (Phi) is 7.17. The SMILES string of the molecule is Cc1cc(C#Cc2ccc(OCc3c(-c4c(Cl)cccc4Cl)noc3C3CC3)cc2Cl)cc(C(=O)O)c1. The first-order valence-corrected chi connectivity index (χ1v) is 12.7. The number of carboxylic acid groups (broad SMARTS) is 1. The summed E-state index contributed by atoms with van der Waals surface area (Å²) in [5, 5.41) is 14.9. The van der Waals surface area contributed by atoms with Crippen LogP contribution in [0, 0.1) is 18.8 Å². The molecule has 0 atom stereocenters. The maximum atomic E-state index is 11.3. The van der Waals surface area contributed by atoms with E-state index in [0.717, 1.165) is 29.7 Å². The fraction of sp³-hybridized carbons (Fsp3) is 0.172. The van der Waals surface area contributed by atoms with Crippen molar-refractivity contribution in [1.29, 1.82) is 0 Å². The molecule has 1 fully saturated rings. The van der Waals surface area contributed by atoms with Gasteiger partial charge in [-0.05, 0) is 67.8 Å². The van der Waals surface area contributed by atoms with Crippen LogP contribution >= 0.6 is 34.8 Å². The first-order valence-electron chi connectivity index (χ1n) is 11.5. The number of aryl methyl sites for hydroxylation is 1. The van der Waals surface area contributed by atoms with Gasteiger partial charge < -0.3 is 14.4 Å². The number of carboxylic acids is 1. The van der Waals surface area contributed by atoms with Crippen molar-refractivity contribution in [2.75, 3.05) is 0 Å². The van der Waals surface area contributed by atoms with Crippen LogP contribution in [0.3, 0.4) is 0 Å². The number of nitrogens with zero attached hydrogens (tertiary/aromatic N) is 1. The third kappa shape index (κ3) is 5.62. The predicted octanol–water partition coefficient (Wildman–Crippen LogP) is 8.16. The van der Waals surface area contributed by atoms with Gasteiger partial charge in [0.05, 0.1) is 26.2 Å². The van der Waals surface area contributed by atoms with Gasteiger partial charge in [0.15, 0.2) is 0 Å². The van der Waals surface area contributed by atoms with Crippen molar-refractivity contribution in [3.8, 4) is 28.8 Å². The van der Waals surface area contributed by atoms with Gasteiger partial charge in [-0.25, -0.2) is 4.79 Å². The van der Waals surface area contributed by atoms with Crippen LogP contribution in [-0.4, -0.2) is 16.2 Å². The zero-order chi connectivity index (χ0) is 26.1. The van der Waals surface area contributed by atoms with E-state index in [1.165, 1.54) is 6.07 Å². The highest BCUT2D eigenvalue weighted by Gasteiger charge is 2.33. The first kappa shape index (κ1) is 25.2. The van der Waals surface area contributed by atoms with E-state index in [1.807, 2.05) is 13.0 Å². The van der Waals surface area contributed by atoms with E-state index in [2.05, 4.69) is 17.0 Å². The van der Waals surface area contributed by atoms with E-state index in [4.69, 9.17) is 44.1 Å². The molecule has 5 nitrogen and oxygen atoms in total. The van der Waals surface area contributed by atoms with Gasteiger partial charge in [0.2, 0.25) is 0 Å². The zero-order valence-electron chi connectivity index (χ0n) is 19.6. The maximum Gasteiger partial charge on any atom is 0.335 e. The number of ether oxygens (including phenoxy) is 1. The molecule has 1 aromatic heterocycles. The Morgan fingerprint density at radius 1 is 1.05 bits per heavy atom. The summed E-state index contributed by atoms with van der Waals surface area (Å²) in [6.45, 7) is 2.03. The molecule has 1 heterocycles. The van der Waals surface area contributed by atoms with Crippen molar-refractivity contribution >= 4 is 40.8 Å². The molecule has 5 rings (SSSR count). The van der Waals surface area contributed by atoms with Crippen LogP contribution in [0.15, 0.2) is 59.1 Å². The van der Waals surface area contributed by atoms with E-state index >= 15 is 0 Å². The normalized spacial score (nSPS) is 12.6. The van der Waals surface area contributed by atoms with Crippen molar-refractivity contribution in [2.45, 2.75) is 32.3 Å². The van der Waals surface area contributed by atoms with Crippen LogP contribution in [0.5, 0.6) is 5.75 Å². The molecule has 1 saturated carbocycles. The smallest absolute Gasteiger partial charge is 0.335 e. The second-order valence-corrected chi connectivity index (χ2v) is 10.0. The van der Waals surface area contributed by atoms with Crippen molar-refractivity contribution in [3.63, 3.8) is 0 Å². The fourth-order valence-electron chi connectivity index (χ4n) is 4.01. The van der Waals surface area contributed by atoms with Crippen LogP contribution in [0.4, 0.5) is 0 Å². The van der Waals surface area contributed by atoms with E-state index in [-0.39, 0.29) is 12.2 Å². The Balaban J connectivity index is 1.38. The topological polar surface area (TPSA) is 72.6 Å². The molecule has 0 spiro atoms. The van der Waals surface area contributed by atoms with Gasteiger partial charge in [0, 0.05) is 28.7 Å². The van der Waals surface area contributed by atoms with Gasteiger partial charge in [0.1, 0.15) is 23.8 Å². The van der Waals surface area contributed by atoms with Crippen LogP contribution in [0.25, 0.3) is 11.3 Å². The molecule has 1 aliphatic rings. The zero-order valence-corrected chi connectivity index (χ0v) is 21.9. The lowest BCUT2D eigenvalue weighted by Crippen LogP contribution is -2.00. The Labute approximate surface area is 228 Å². The summed E-state index contributed by atoms with van der Waals surface area (Å²) >= 11 is 19.4. The lowest BCUT2D eigenvalue weighted by Gasteiger charge is -2.10. The number of rotatable bonds is 6. The van der Waals surface area contributed by atoms with Gasteiger partial charge in [-0.15, -0.1) is 0 Å². The van der Waals surface area contributed by atoms with Crippen molar-refractivity contribution in [2.24, 2.45) is 0 Å². The average Bonchev–Trinajstić information content (AvgIpc) is 3.62. The Morgan fingerprint density at radius 2 is 1.81 bits per heavy atom. The molecule has 37 heavy (non-hydrogen) atoms. The van der Waals surface area contributed by atoms with Gasteiger partial charge in [0.25, 0.3) is 0 Å². The highest BCUT2D eigenvalue weighted by Crippen LogP contribution is 2.46. The van der Waals surface area contributed by atoms with E-state index in [9.17, 15) is 9.90 Å². The second kappa shape index (κ2) is 10.5. The molecule has 4 aromatic rings. The minimum atomic E-state index is -0.996. The van der Waals surface area contributed by atoms with Gasteiger partial charge in [-0.3, -0.25) is 0 Å². The third-order valence-corrected chi connectivity index (χ3v) is 6.90. The summed E-state index contributed by atoms with van der Waals surface area (Å²) < 4.78 is 11.8. The summed E-state index contributed by atoms with van der Waals surface area (Å²) in [5.74, 6) is 6.66. The number of aromatic nitrogens is 1. The highest BCUT2D eigenvalue weighted by molar-refractivity contribution is 6.39. The maximum absolute atomic E-state index is 11.3. The number of halogens is 3. The number of hydrogen-bond donors (Lipinski definition) is 1. The summed E-state index contributed by atoms with van der Waals surface area (Å²) in [6, 6.07) is 15.5. The molecule has 186 valence electrons. The molecule has 1 N–H and O–H groups in total. The summed E-state index contributed by atoms with van der Waals surface area (Å²) in [4.78, 5) is 11.3. The second-order valence-electron chi connectivity index (χ2n) is 8.82.